The molecule has 0 atom stereocenters. The highest BCUT2D eigenvalue weighted by Gasteiger charge is 2.20. The normalized spacial score (nSPS) is 11.2. The minimum Gasteiger partial charge on any atom is -0.494 e. The lowest BCUT2D eigenvalue weighted by Crippen LogP contribution is -2.12. The van der Waals surface area contributed by atoms with Gasteiger partial charge in [-0.3, -0.25) is 0 Å². The maximum Gasteiger partial charge on any atom is 0.343 e. The summed E-state index contributed by atoms with van der Waals surface area (Å²) in [6, 6.07) is 33.6. The van der Waals surface area contributed by atoms with E-state index in [1.807, 2.05) is 36.4 Å². The molecule has 0 saturated heterocycles. The van der Waals surface area contributed by atoms with Crippen LogP contribution in [-0.4, -0.2) is 37.1 Å². The van der Waals surface area contributed by atoms with Crippen molar-refractivity contribution in [3.8, 4) is 34.5 Å². The summed E-state index contributed by atoms with van der Waals surface area (Å²) < 4.78 is 64.4. The minimum atomic E-state index is -0.969. The molecule has 0 aliphatic rings. The molecule has 0 N–H and O–H groups in total. The highest BCUT2D eigenvalue weighted by atomic mass is 19.1. The Balaban J connectivity index is 0.789. The lowest BCUT2D eigenvalue weighted by Gasteiger charge is -2.10. The van der Waals surface area contributed by atoms with Crippen molar-refractivity contribution >= 4 is 45.4 Å². The number of hydrogen-bond donors (Lipinski definition) is 0. The highest BCUT2D eigenvalue weighted by Crippen LogP contribution is 2.29. The number of esters is 4. The topological polar surface area (TPSA) is 124 Å². The van der Waals surface area contributed by atoms with E-state index in [1.165, 1.54) is 190 Å². The third-order valence-corrected chi connectivity index (χ3v) is 15.6. The van der Waals surface area contributed by atoms with E-state index in [1.54, 1.807) is 36.4 Å². The van der Waals surface area contributed by atoms with Crippen molar-refractivity contribution in [3.63, 3.8) is 0 Å². The molecular weight excluding hydrogens is 1090 g/mol. The van der Waals surface area contributed by atoms with E-state index in [2.05, 4.69) is 13.8 Å². The van der Waals surface area contributed by atoms with E-state index < -0.39 is 35.5 Å². The van der Waals surface area contributed by atoms with Gasteiger partial charge in [-0.25, -0.2) is 28.0 Å². The maximum atomic E-state index is 15.3. The quantitative estimate of drug-likeness (QED) is 0.0208. The van der Waals surface area contributed by atoms with Gasteiger partial charge in [-0.05, 0) is 131 Å². The number of rotatable bonds is 40. The molecule has 0 unspecified atom stereocenters. The van der Waals surface area contributed by atoms with Crippen LogP contribution in [0.4, 0.5) is 8.78 Å². The number of fused-ring (bicyclic) bond motifs is 2. The van der Waals surface area contributed by atoms with Gasteiger partial charge in [0.25, 0.3) is 0 Å². The average molecular weight is 1180 g/mol. The van der Waals surface area contributed by atoms with Crippen LogP contribution in [0.3, 0.4) is 0 Å². The van der Waals surface area contributed by atoms with Crippen LogP contribution in [0.15, 0.2) is 133 Å². The Hall–Kier alpha value is -7.60. The summed E-state index contributed by atoms with van der Waals surface area (Å²) in [5.74, 6) is -4.73. The van der Waals surface area contributed by atoms with Crippen LogP contribution in [0.2, 0.25) is 0 Å². The van der Waals surface area contributed by atoms with E-state index >= 15 is 8.78 Å². The molecule has 0 amide bonds. The van der Waals surface area contributed by atoms with Crippen LogP contribution in [0.1, 0.15) is 235 Å². The molecule has 0 aromatic heterocycles. The average Bonchev–Trinajstić information content (AvgIpc) is 3.10. The zero-order valence-electron chi connectivity index (χ0n) is 50.8. The Morgan fingerprint density at radius 3 is 0.930 bits per heavy atom. The predicted molar refractivity (Wildman–Crippen MR) is 339 cm³/mol. The number of ether oxygens (including phenoxy) is 6. The van der Waals surface area contributed by atoms with Crippen molar-refractivity contribution in [2.45, 2.75) is 194 Å². The molecule has 86 heavy (non-hydrogen) atoms. The minimum absolute atomic E-state index is 0.0393. The van der Waals surface area contributed by atoms with Crippen LogP contribution in [0, 0.1) is 11.6 Å². The Kier molecular flexibility index (Phi) is 28.4. The van der Waals surface area contributed by atoms with Gasteiger partial charge in [0.15, 0.2) is 23.1 Å². The zero-order chi connectivity index (χ0) is 60.6. The molecule has 0 radical (unpaired) electrons. The first-order valence-corrected chi connectivity index (χ1v) is 32.0. The summed E-state index contributed by atoms with van der Waals surface area (Å²) in [6.07, 6.45) is 36.3. The van der Waals surface area contributed by atoms with Gasteiger partial charge >= 0.3 is 23.9 Å². The molecule has 458 valence electrons. The van der Waals surface area contributed by atoms with Crippen LogP contribution < -0.4 is 28.4 Å². The summed E-state index contributed by atoms with van der Waals surface area (Å²) in [7, 11) is 0. The first kappa shape index (κ1) is 65.9. The molecule has 7 aromatic carbocycles. The fraction of sp³-hybridized carbons (Fsp3) is 0.432. The predicted octanol–water partition coefficient (Wildman–Crippen LogP) is 20.9. The van der Waals surface area contributed by atoms with Crippen LogP contribution in [-0.2, 0) is 0 Å². The van der Waals surface area contributed by atoms with Gasteiger partial charge in [0.1, 0.15) is 23.0 Å². The second kappa shape index (κ2) is 37.1. The van der Waals surface area contributed by atoms with Crippen LogP contribution >= 0.6 is 0 Å². The Bertz CT molecular complexity index is 3030. The molecule has 7 rings (SSSR count). The molecule has 7 aromatic rings. The van der Waals surface area contributed by atoms with Gasteiger partial charge in [-0.2, -0.15) is 0 Å². The van der Waals surface area contributed by atoms with Gasteiger partial charge in [-0.1, -0.05) is 211 Å². The lowest BCUT2D eigenvalue weighted by molar-refractivity contribution is 0.0716. The molecule has 0 aliphatic carbocycles. The number of carbonyl (C=O) groups excluding carboxylic acids is 4. The second-order valence-electron chi connectivity index (χ2n) is 22.7. The maximum absolute atomic E-state index is 15.3. The van der Waals surface area contributed by atoms with Gasteiger partial charge in [-0.15, -0.1) is 0 Å². The Morgan fingerprint density at radius 2 is 0.581 bits per heavy atom. The summed E-state index contributed by atoms with van der Waals surface area (Å²) in [5, 5.41) is 3.32. The zero-order valence-corrected chi connectivity index (χ0v) is 50.8. The molecule has 0 aliphatic heterocycles. The van der Waals surface area contributed by atoms with Crippen LogP contribution in [0.5, 0.6) is 34.5 Å². The van der Waals surface area contributed by atoms with Gasteiger partial charge in [0.2, 0.25) is 0 Å². The van der Waals surface area contributed by atoms with Crippen molar-refractivity contribution in [1.82, 2.24) is 0 Å². The Morgan fingerprint density at radius 1 is 0.291 bits per heavy atom. The summed E-state index contributed by atoms with van der Waals surface area (Å²) >= 11 is 0. The highest BCUT2D eigenvalue weighted by molar-refractivity contribution is 5.98. The van der Waals surface area contributed by atoms with Gasteiger partial charge in [0, 0.05) is 6.07 Å². The summed E-state index contributed by atoms with van der Waals surface area (Å²) in [6.45, 7) is 5.79. The molecule has 0 spiro atoms. The van der Waals surface area contributed by atoms with E-state index in [-0.39, 0.29) is 45.3 Å². The Labute approximate surface area is 508 Å². The number of hydrogen-bond acceptors (Lipinski definition) is 10. The monoisotopic (exact) mass is 1170 g/mol. The fourth-order valence-corrected chi connectivity index (χ4v) is 10.5. The second-order valence-corrected chi connectivity index (χ2v) is 22.7. The first-order chi connectivity index (χ1) is 42.1. The number of unbranched alkanes of at least 4 members (excludes halogenated alkanes) is 26. The van der Waals surface area contributed by atoms with E-state index in [0.717, 1.165) is 83.0 Å². The standard InChI is InChI=1S/C74H88F2O10/c1-3-5-7-9-11-13-15-17-19-21-23-25-27-29-46-81-63-42-38-55-48-59(36-34-57(55)50-63)73(79)85-69-44-40-61(52-67(69)75)71(77)83-65-32-31-33-66(54-65)84-72(78)62-41-45-70(68(76)53-62)86-74(80)60-37-35-58-51-64(43-39-56(58)49-60)82-47-30-28-26-24-22-20-18-16-14-12-10-8-6-4-2/h31-45,48-54H,3-30,46-47H2,1-2H3. The third-order valence-electron chi connectivity index (χ3n) is 15.6. The molecule has 0 bridgehead atoms. The summed E-state index contributed by atoms with van der Waals surface area (Å²) in [4.78, 5) is 52.6. The first-order valence-electron chi connectivity index (χ1n) is 32.0. The number of halogens is 2. The molecular formula is C74H88F2O10. The van der Waals surface area contributed by atoms with Gasteiger partial charge in [0.05, 0.1) is 35.5 Å². The molecule has 12 heteroatoms. The third kappa shape index (κ3) is 22.7. The van der Waals surface area contributed by atoms with Gasteiger partial charge < -0.3 is 28.4 Å². The van der Waals surface area contributed by atoms with Crippen molar-refractivity contribution in [3.05, 3.63) is 167 Å². The van der Waals surface area contributed by atoms with Crippen molar-refractivity contribution in [2.24, 2.45) is 0 Å². The smallest absolute Gasteiger partial charge is 0.343 e. The van der Waals surface area contributed by atoms with Crippen molar-refractivity contribution in [2.75, 3.05) is 13.2 Å². The number of carbonyl (C=O) groups is 4. The molecule has 0 fully saturated rings. The van der Waals surface area contributed by atoms with Crippen molar-refractivity contribution in [1.29, 1.82) is 0 Å². The number of benzene rings is 7. The molecule has 0 heterocycles. The molecule has 10 nitrogen and oxygen atoms in total. The lowest BCUT2D eigenvalue weighted by atomic mass is 10.0. The SMILES string of the molecule is CCCCCCCCCCCCCCCCOc1ccc2cc(C(=O)Oc3ccc(C(=O)Oc4cccc(OC(=O)c5ccc(OC(=O)c6ccc7cc(OCCCCCCCCCCCCCCCC)ccc7c6)c(F)c5)c4)cc3F)ccc2c1. The summed E-state index contributed by atoms with van der Waals surface area (Å²) in [5.41, 5.74) is 0.0587. The van der Waals surface area contributed by atoms with E-state index in [4.69, 9.17) is 28.4 Å². The largest absolute Gasteiger partial charge is 0.494 e. The molecule has 0 saturated carbocycles. The van der Waals surface area contributed by atoms with E-state index in [0.29, 0.717) is 13.2 Å². The van der Waals surface area contributed by atoms with E-state index in [9.17, 15) is 19.2 Å². The fourth-order valence-electron chi connectivity index (χ4n) is 10.5. The van der Waals surface area contributed by atoms with Crippen molar-refractivity contribution < 1.29 is 56.4 Å². The van der Waals surface area contributed by atoms with Crippen LogP contribution in [0.25, 0.3) is 21.5 Å².